The van der Waals surface area contributed by atoms with Crippen LogP contribution in [0.1, 0.15) is 23.2 Å². The zero-order valence-corrected chi connectivity index (χ0v) is 11.8. The number of halogens is 2. The number of rotatable bonds is 2. The molecule has 0 radical (unpaired) electrons. The van der Waals surface area contributed by atoms with Crippen LogP contribution in [0, 0.1) is 0 Å². The van der Waals surface area contributed by atoms with Crippen molar-refractivity contribution in [3.8, 4) is 0 Å². The van der Waals surface area contributed by atoms with Gasteiger partial charge in [-0.3, -0.25) is 4.79 Å². The zero-order chi connectivity index (χ0) is 11.4. The maximum Gasteiger partial charge on any atom is 0.252 e. The minimum absolute atomic E-state index is 0. The van der Waals surface area contributed by atoms with Crippen LogP contribution in [-0.2, 0) is 0 Å². The van der Waals surface area contributed by atoms with E-state index in [1.54, 1.807) is 0 Å². The van der Waals surface area contributed by atoms with E-state index in [1.165, 1.54) is 0 Å². The van der Waals surface area contributed by atoms with Gasteiger partial charge < -0.3 is 10.6 Å². The van der Waals surface area contributed by atoms with Crippen LogP contribution in [0.25, 0.3) is 0 Å². The molecule has 1 aliphatic heterocycles. The highest BCUT2D eigenvalue weighted by molar-refractivity contribution is 9.10. The first kappa shape index (κ1) is 14.5. The third-order valence-electron chi connectivity index (χ3n) is 2.75. The SMILES string of the molecule is Cl.O=C(N[C@@H]1CCCNC1)c1ccccc1Br. The summed E-state index contributed by atoms with van der Waals surface area (Å²) in [6.45, 7) is 1.93. The van der Waals surface area contributed by atoms with E-state index in [9.17, 15) is 4.79 Å². The molecule has 1 heterocycles. The molecule has 1 amide bonds. The molecule has 1 atom stereocenters. The van der Waals surface area contributed by atoms with Crippen molar-refractivity contribution in [2.45, 2.75) is 18.9 Å². The topological polar surface area (TPSA) is 41.1 Å². The summed E-state index contributed by atoms with van der Waals surface area (Å²) < 4.78 is 0.844. The Hall–Kier alpha value is -0.580. The monoisotopic (exact) mass is 318 g/mol. The molecule has 0 unspecified atom stereocenters. The van der Waals surface area contributed by atoms with E-state index in [4.69, 9.17) is 0 Å². The summed E-state index contributed by atoms with van der Waals surface area (Å²) in [5.74, 6) is 0.00109. The summed E-state index contributed by atoms with van der Waals surface area (Å²) in [5, 5.41) is 6.32. The predicted molar refractivity (Wildman–Crippen MR) is 74.7 cm³/mol. The van der Waals surface area contributed by atoms with Crippen LogP contribution >= 0.6 is 28.3 Å². The van der Waals surface area contributed by atoms with Crippen molar-refractivity contribution in [1.82, 2.24) is 10.6 Å². The molecule has 1 saturated heterocycles. The summed E-state index contributed by atoms with van der Waals surface area (Å²) in [7, 11) is 0. The highest BCUT2D eigenvalue weighted by Gasteiger charge is 2.17. The number of hydrogen-bond acceptors (Lipinski definition) is 2. The Morgan fingerprint density at radius 2 is 2.18 bits per heavy atom. The molecule has 0 bridgehead atoms. The Morgan fingerprint density at radius 3 is 2.82 bits per heavy atom. The molecule has 0 aromatic heterocycles. The summed E-state index contributed by atoms with van der Waals surface area (Å²) in [6, 6.07) is 7.75. The summed E-state index contributed by atoms with van der Waals surface area (Å²) in [5.41, 5.74) is 0.702. The molecule has 1 fully saturated rings. The van der Waals surface area contributed by atoms with E-state index in [2.05, 4.69) is 26.6 Å². The number of carbonyl (C=O) groups is 1. The Bertz CT molecular complexity index is 381. The fourth-order valence-electron chi connectivity index (χ4n) is 1.88. The van der Waals surface area contributed by atoms with Gasteiger partial charge >= 0.3 is 0 Å². The molecule has 0 spiro atoms. The van der Waals surface area contributed by atoms with E-state index in [1.807, 2.05) is 24.3 Å². The minimum atomic E-state index is 0. The molecule has 1 aromatic carbocycles. The molecule has 2 N–H and O–H groups in total. The minimum Gasteiger partial charge on any atom is -0.348 e. The van der Waals surface area contributed by atoms with Gasteiger partial charge in [-0.05, 0) is 47.4 Å². The van der Waals surface area contributed by atoms with Crippen molar-refractivity contribution in [3.05, 3.63) is 34.3 Å². The molecule has 1 aromatic rings. The smallest absolute Gasteiger partial charge is 0.252 e. The lowest BCUT2D eigenvalue weighted by atomic mass is 10.1. The molecule has 17 heavy (non-hydrogen) atoms. The second-order valence-corrected chi connectivity index (χ2v) is 4.85. The number of nitrogens with one attached hydrogen (secondary N) is 2. The van der Waals surface area contributed by atoms with Crippen LogP contribution < -0.4 is 10.6 Å². The van der Waals surface area contributed by atoms with Gasteiger partial charge in [0.05, 0.1) is 5.56 Å². The normalized spacial score (nSPS) is 19.2. The fraction of sp³-hybridized carbons (Fsp3) is 0.417. The standard InChI is InChI=1S/C12H15BrN2O.ClH/c13-11-6-2-1-5-10(11)12(16)15-9-4-3-7-14-8-9;/h1-2,5-6,9,14H,3-4,7-8H2,(H,15,16);1H/t9-;/m1./s1. The summed E-state index contributed by atoms with van der Waals surface area (Å²) >= 11 is 3.39. The van der Waals surface area contributed by atoms with Crippen LogP contribution in [-0.4, -0.2) is 25.0 Å². The van der Waals surface area contributed by atoms with Crippen LogP contribution in [0.2, 0.25) is 0 Å². The molecule has 94 valence electrons. The van der Waals surface area contributed by atoms with Crippen molar-refractivity contribution >= 4 is 34.2 Å². The quantitative estimate of drug-likeness (QED) is 0.878. The number of amides is 1. The van der Waals surface area contributed by atoms with Gasteiger partial charge in [0.25, 0.3) is 5.91 Å². The third-order valence-corrected chi connectivity index (χ3v) is 3.44. The number of benzene rings is 1. The molecule has 1 aliphatic rings. The molecular weight excluding hydrogens is 304 g/mol. The van der Waals surface area contributed by atoms with Crippen LogP contribution in [0.3, 0.4) is 0 Å². The van der Waals surface area contributed by atoms with E-state index in [0.717, 1.165) is 30.4 Å². The molecule has 2 rings (SSSR count). The lowest BCUT2D eigenvalue weighted by Gasteiger charge is -2.23. The number of piperidine rings is 1. The molecule has 5 heteroatoms. The number of hydrogen-bond donors (Lipinski definition) is 2. The lowest BCUT2D eigenvalue weighted by molar-refractivity contribution is 0.0930. The van der Waals surface area contributed by atoms with Gasteiger partial charge in [0.15, 0.2) is 0 Å². The van der Waals surface area contributed by atoms with Gasteiger partial charge in [0.2, 0.25) is 0 Å². The lowest BCUT2D eigenvalue weighted by Crippen LogP contribution is -2.45. The zero-order valence-electron chi connectivity index (χ0n) is 9.41. The van der Waals surface area contributed by atoms with E-state index in [0.29, 0.717) is 5.56 Å². The van der Waals surface area contributed by atoms with Crippen molar-refractivity contribution in [3.63, 3.8) is 0 Å². The molecular formula is C12H16BrClN2O. The van der Waals surface area contributed by atoms with E-state index >= 15 is 0 Å². The van der Waals surface area contributed by atoms with Gasteiger partial charge in [-0.1, -0.05) is 12.1 Å². The molecule has 3 nitrogen and oxygen atoms in total. The predicted octanol–water partition coefficient (Wildman–Crippen LogP) is 2.35. The third kappa shape index (κ3) is 3.98. The first-order chi connectivity index (χ1) is 7.77. The van der Waals surface area contributed by atoms with Crippen molar-refractivity contribution in [2.24, 2.45) is 0 Å². The summed E-state index contributed by atoms with van der Waals surface area (Å²) in [4.78, 5) is 12.0. The van der Waals surface area contributed by atoms with Gasteiger partial charge in [-0.15, -0.1) is 12.4 Å². The van der Waals surface area contributed by atoms with Gasteiger partial charge in [0, 0.05) is 17.1 Å². The maximum absolute atomic E-state index is 12.0. The van der Waals surface area contributed by atoms with Crippen molar-refractivity contribution in [1.29, 1.82) is 0 Å². The second kappa shape index (κ2) is 6.99. The number of carbonyl (C=O) groups excluding carboxylic acids is 1. The first-order valence-electron chi connectivity index (χ1n) is 5.53. The second-order valence-electron chi connectivity index (χ2n) is 4.00. The Balaban J connectivity index is 0.00000144. The molecule has 0 saturated carbocycles. The average molecular weight is 320 g/mol. The fourth-order valence-corrected chi connectivity index (χ4v) is 2.35. The first-order valence-corrected chi connectivity index (χ1v) is 6.33. The van der Waals surface area contributed by atoms with Gasteiger partial charge in [-0.25, -0.2) is 0 Å². The Kier molecular flexibility index (Phi) is 5.95. The average Bonchev–Trinajstić information content (AvgIpc) is 2.31. The van der Waals surface area contributed by atoms with Crippen molar-refractivity contribution in [2.75, 3.05) is 13.1 Å². The largest absolute Gasteiger partial charge is 0.348 e. The Labute approximate surface area is 116 Å². The molecule has 0 aliphatic carbocycles. The Morgan fingerprint density at radius 1 is 1.41 bits per heavy atom. The van der Waals surface area contributed by atoms with Crippen molar-refractivity contribution < 1.29 is 4.79 Å². The maximum atomic E-state index is 12.0. The highest BCUT2D eigenvalue weighted by atomic mass is 79.9. The summed E-state index contributed by atoms with van der Waals surface area (Å²) in [6.07, 6.45) is 2.18. The van der Waals surface area contributed by atoms with Gasteiger partial charge in [0.1, 0.15) is 0 Å². The van der Waals surface area contributed by atoms with E-state index < -0.39 is 0 Å². The van der Waals surface area contributed by atoms with Crippen LogP contribution in [0.15, 0.2) is 28.7 Å². The van der Waals surface area contributed by atoms with Crippen LogP contribution in [0.4, 0.5) is 0 Å². The highest BCUT2D eigenvalue weighted by Crippen LogP contribution is 2.16. The van der Waals surface area contributed by atoms with Crippen LogP contribution in [0.5, 0.6) is 0 Å². The van der Waals surface area contributed by atoms with Gasteiger partial charge in [-0.2, -0.15) is 0 Å². The van der Waals surface area contributed by atoms with E-state index in [-0.39, 0.29) is 24.4 Å².